The van der Waals surface area contributed by atoms with E-state index in [9.17, 15) is 10.1 Å². The molecule has 2 heterocycles. The Balaban J connectivity index is 1.31. The average Bonchev–Trinajstić information content (AvgIpc) is 3.20. The van der Waals surface area contributed by atoms with Crippen LogP contribution in [-0.2, 0) is 19.6 Å². The highest BCUT2D eigenvalue weighted by Crippen LogP contribution is 2.27. The number of carbonyl (C=O) groups is 1. The van der Waals surface area contributed by atoms with E-state index in [4.69, 9.17) is 4.74 Å². The maximum Gasteiger partial charge on any atom is 0.317 e. The molecule has 1 N–H and O–H groups in total. The average molecular weight is 405 g/mol. The Morgan fingerprint density at radius 2 is 1.87 bits per heavy atom. The Morgan fingerprint density at radius 3 is 2.50 bits per heavy atom. The number of piperidine rings is 1. The second-order valence-corrected chi connectivity index (χ2v) is 8.15. The predicted molar refractivity (Wildman–Crippen MR) is 115 cm³/mol. The van der Waals surface area contributed by atoms with Gasteiger partial charge in [-0.2, -0.15) is 5.26 Å². The lowest BCUT2D eigenvalue weighted by atomic mass is 9.98. The van der Waals surface area contributed by atoms with E-state index in [-0.39, 0.29) is 6.03 Å². The fraction of sp³-hybridized carbons (Fsp3) is 0.417. The van der Waals surface area contributed by atoms with Crippen LogP contribution in [-0.4, -0.2) is 42.6 Å². The molecule has 30 heavy (non-hydrogen) atoms. The number of benzene rings is 2. The van der Waals surface area contributed by atoms with Crippen LogP contribution < -0.4 is 10.1 Å². The van der Waals surface area contributed by atoms with Gasteiger partial charge in [-0.1, -0.05) is 30.3 Å². The molecule has 1 saturated heterocycles. The van der Waals surface area contributed by atoms with Crippen LogP contribution in [0.2, 0.25) is 0 Å². The van der Waals surface area contributed by atoms with Crippen LogP contribution in [0.15, 0.2) is 42.5 Å². The highest BCUT2D eigenvalue weighted by atomic mass is 16.5. The molecule has 2 amide bonds. The van der Waals surface area contributed by atoms with Crippen molar-refractivity contribution in [1.82, 2.24) is 15.1 Å². The predicted octanol–water partition coefficient (Wildman–Crippen LogP) is 3.50. The maximum atomic E-state index is 11.7. The number of likely N-dealkylation sites (tertiary alicyclic amines) is 1. The smallest absolute Gasteiger partial charge is 0.317 e. The van der Waals surface area contributed by atoms with Gasteiger partial charge in [-0.15, -0.1) is 0 Å². The SMILES string of the molecule is CNC(=O)N1CCC(COc2ccc(CN3Cc4ccccc4C3)cc2C#N)CC1. The highest BCUT2D eigenvalue weighted by Gasteiger charge is 2.23. The number of fused-ring (bicyclic) bond motifs is 1. The van der Waals surface area contributed by atoms with Crippen LogP contribution in [0.1, 0.15) is 35.1 Å². The number of hydrogen-bond acceptors (Lipinski definition) is 4. The number of nitrogens with zero attached hydrogens (tertiary/aromatic N) is 3. The van der Waals surface area contributed by atoms with E-state index < -0.39 is 0 Å². The quantitative estimate of drug-likeness (QED) is 0.828. The molecule has 2 aliphatic rings. The molecule has 0 aliphatic carbocycles. The van der Waals surface area contributed by atoms with Gasteiger partial charge in [0.1, 0.15) is 11.8 Å². The van der Waals surface area contributed by atoms with Crippen molar-refractivity contribution < 1.29 is 9.53 Å². The molecular weight excluding hydrogens is 376 g/mol. The van der Waals surface area contributed by atoms with Crippen LogP contribution in [0.3, 0.4) is 0 Å². The van der Waals surface area contributed by atoms with Gasteiger partial charge in [0.15, 0.2) is 0 Å². The zero-order valence-electron chi connectivity index (χ0n) is 17.4. The zero-order valence-corrected chi connectivity index (χ0v) is 17.4. The summed E-state index contributed by atoms with van der Waals surface area (Å²) in [5.74, 6) is 1.06. The van der Waals surface area contributed by atoms with Gasteiger partial charge in [-0.3, -0.25) is 4.90 Å². The fourth-order valence-corrected chi connectivity index (χ4v) is 4.33. The number of hydrogen-bond donors (Lipinski definition) is 1. The minimum absolute atomic E-state index is 0.0159. The van der Waals surface area contributed by atoms with Gasteiger partial charge in [0.2, 0.25) is 0 Å². The number of carbonyl (C=O) groups excluding carboxylic acids is 1. The zero-order chi connectivity index (χ0) is 20.9. The van der Waals surface area contributed by atoms with Crippen molar-refractivity contribution in [2.24, 2.45) is 5.92 Å². The molecule has 0 aromatic heterocycles. The Morgan fingerprint density at radius 1 is 1.17 bits per heavy atom. The third-order valence-corrected chi connectivity index (χ3v) is 6.07. The van der Waals surface area contributed by atoms with Gasteiger partial charge in [0, 0.05) is 39.8 Å². The summed E-state index contributed by atoms with van der Waals surface area (Å²) in [5.41, 5.74) is 4.50. The molecule has 0 atom stereocenters. The van der Waals surface area contributed by atoms with Crippen LogP contribution >= 0.6 is 0 Å². The molecule has 6 nitrogen and oxygen atoms in total. The van der Waals surface area contributed by atoms with Crippen LogP contribution in [0.25, 0.3) is 0 Å². The maximum absolute atomic E-state index is 11.7. The molecule has 4 rings (SSSR count). The Bertz CT molecular complexity index is 919. The number of nitriles is 1. The fourth-order valence-electron chi connectivity index (χ4n) is 4.33. The van der Waals surface area contributed by atoms with Crippen LogP contribution in [0.4, 0.5) is 4.79 Å². The molecule has 0 bridgehead atoms. The minimum atomic E-state index is -0.0159. The summed E-state index contributed by atoms with van der Waals surface area (Å²) in [7, 11) is 1.66. The van der Waals surface area contributed by atoms with E-state index in [0.29, 0.717) is 23.8 Å². The highest BCUT2D eigenvalue weighted by molar-refractivity contribution is 5.73. The van der Waals surface area contributed by atoms with Gasteiger partial charge in [0.05, 0.1) is 12.2 Å². The molecule has 0 radical (unpaired) electrons. The molecule has 0 spiro atoms. The lowest BCUT2D eigenvalue weighted by Gasteiger charge is -2.31. The Hall–Kier alpha value is -3.04. The van der Waals surface area contributed by atoms with Crippen molar-refractivity contribution in [2.45, 2.75) is 32.5 Å². The van der Waals surface area contributed by atoms with E-state index in [1.807, 2.05) is 17.0 Å². The van der Waals surface area contributed by atoms with E-state index in [1.165, 1.54) is 11.1 Å². The van der Waals surface area contributed by atoms with Crippen molar-refractivity contribution in [1.29, 1.82) is 5.26 Å². The first-order valence-electron chi connectivity index (χ1n) is 10.6. The number of nitrogens with one attached hydrogen (secondary N) is 1. The summed E-state index contributed by atoms with van der Waals surface area (Å²) in [6.07, 6.45) is 1.84. The van der Waals surface area contributed by atoms with E-state index in [0.717, 1.165) is 51.1 Å². The molecule has 1 fully saturated rings. The topological polar surface area (TPSA) is 68.6 Å². The molecule has 2 aliphatic heterocycles. The van der Waals surface area contributed by atoms with Crippen LogP contribution in [0, 0.1) is 17.2 Å². The standard InChI is InChI=1S/C24H28N4O2/c1-26-24(29)28-10-8-18(9-11-28)17-30-23-7-6-19(12-22(23)13-25)14-27-15-20-4-2-3-5-21(20)16-27/h2-7,12,18H,8-11,14-17H2,1H3,(H,26,29). The number of ether oxygens (including phenoxy) is 1. The van der Waals surface area contributed by atoms with E-state index in [1.54, 1.807) is 7.05 Å². The van der Waals surface area contributed by atoms with E-state index >= 15 is 0 Å². The van der Waals surface area contributed by atoms with Gasteiger partial charge in [-0.05, 0) is 47.6 Å². The Labute approximate surface area is 178 Å². The summed E-state index contributed by atoms with van der Waals surface area (Å²) in [5, 5.41) is 12.3. The van der Waals surface area contributed by atoms with Crippen molar-refractivity contribution >= 4 is 6.03 Å². The Kier molecular flexibility index (Phi) is 6.20. The lowest BCUT2D eigenvalue weighted by Crippen LogP contribution is -2.43. The molecule has 6 heteroatoms. The molecule has 0 unspecified atom stereocenters. The van der Waals surface area contributed by atoms with Gasteiger partial charge < -0.3 is 15.0 Å². The minimum Gasteiger partial charge on any atom is -0.492 e. The third kappa shape index (κ3) is 4.58. The number of amides is 2. The summed E-state index contributed by atoms with van der Waals surface area (Å²) in [6, 6.07) is 16.8. The third-order valence-electron chi connectivity index (χ3n) is 6.07. The molecular formula is C24H28N4O2. The van der Waals surface area contributed by atoms with Crippen molar-refractivity contribution in [3.05, 3.63) is 64.7 Å². The first-order valence-corrected chi connectivity index (χ1v) is 10.6. The first kappa shape index (κ1) is 20.2. The summed E-state index contributed by atoms with van der Waals surface area (Å²) < 4.78 is 6.01. The van der Waals surface area contributed by atoms with Crippen LogP contribution in [0.5, 0.6) is 5.75 Å². The summed E-state index contributed by atoms with van der Waals surface area (Å²) >= 11 is 0. The van der Waals surface area contributed by atoms with Crippen molar-refractivity contribution in [2.75, 3.05) is 26.7 Å². The normalized spacial score (nSPS) is 16.7. The molecule has 0 saturated carbocycles. The van der Waals surface area contributed by atoms with Crippen molar-refractivity contribution in [3.63, 3.8) is 0 Å². The first-order chi connectivity index (χ1) is 14.7. The second kappa shape index (κ2) is 9.19. The van der Waals surface area contributed by atoms with Crippen molar-refractivity contribution in [3.8, 4) is 11.8 Å². The van der Waals surface area contributed by atoms with Gasteiger partial charge in [-0.25, -0.2) is 4.79 Å². The second-order valence-electron chi connectivity index (χ2n) is 8.15. The van der Waals surface area contributed by atoms with E-state index in [2.05, 4.69) is 46.6 Å². The van der Waals surface area contributed by atoms with Gasteiger partial charge in [0.25, 0.3) is 0 Å². The largest absolute Gasteiger partial charge is 0.492 e. The summed E-state index contributed by atoms with van der Waals surface area (Å²) in [4.78, 5) is 15.9. The lowest BCUT2D eigenvalue weighted by molar-refractivity contribution is 0.146. The monoisotopic (exact) mass is 404 g/mol. The molecule has 156 valence electrons. The molecule has 2 aromatic rings. The number of urea groups is 1. The summed E-state index contributed by atoms with van der Waals surface area (Å²) in [6.45, 7) is 4.79. The van der Waals surface area contributed by atoms with Gasteiger partial charge >= 0.3 is 6.03 Å². The molecule has 2 aromatic carbocycles. The number of rotatable bonds is 5.